The lowest BCUT2D eigenvalue weighted by atomic mass is 9.81. The van der Waals surface area contributed by atoms with Crippen LogP contribution in [0.5, 0.6) is 0 Å². The molecule has 0 amide bonds. The summed E-state index contributed by atoms with van der Waals surface area (Å²) in [4.78, 5) is 0. The number of halogens is 4. The predicted octanol–water partition coefficient (Wildman–Crippen LogP) is 6.85. The van der Waals surface area contributed by atoms with Crippen molar-refractivity contribution in [1.29, 1.82) is 0 Å². The Morgan fingerprint density at radius 1 is 0.553 bits per heavy atom. The first-order chi connectivity index (χ1) is 18.2. The smallest absolute Gasteiger partial charge is 0.126 e. The van der Waals surface area contributed by atoms with Crippen molar-refractivity contribution in [2.24, 2.45) is 0 Å². The largest absolute Gasteiger partial charge is 0.385 e. The van der Waals surface area contributed by atoms with Gasteiger partial charge in [-0.3, -0.25) is 0 Å². The summed E-state index contributed by atoms with van der Waals surface area (Å²) in [5.74, 6) is -2.72. The molecular weight excluding hydrogens is 496 g/mol. The van der Waals surface area contributed by atoms with E-state index in [1.54, 1.807) is 14.2 Å². The molecule has 0 saturated heterocycles. The van der Waals surface area contributed by atoms with Gasteiger partial charge in [0.2, 0.25) is 0 Å². The van der Waals surface area contributed by atoms with E-state index >= 15 is 0 Å². The topological polar surface area (TPSA) is 38.7 Å². The quantitative estimate of drug-likeness (QED) is 0.172. The Bertz CT molecular complexity index is 1060. The summed E-state index contributed by atoms with van der Waals surface area (Å²) in [6.07, 6.45) is 3.89. The maximum atomic E-state index is 13.8. The minimum absolute atomic E-state index is 0.173. The average Bonchev–Trinajstić information content (AvgIpc) is 2.85. The maximum absolute atomic E-state index is 13.8. The molecule has 38 heavy (non-hydrogen) atoms. The molecule has 0 fully saturated rings. The zero-order chi connectivity index (χ0) is 27.5. The molecule has 0 radical (unpaired) electrons. The molecule has 0 bridgehead atoms. The Labute approximate surface area is 222 Å². The lowest BCUT2D eigenvalue weighted by molar-refractivity contribution is 0.0187. The van der Waals surface area contributed by atoms with Gasteiger partial charge in [-0.05, 0) is 103 Å². The fraction of sp³-hybridized carbons (Fsp3) is 0.419. The van der Waals surface area contributed by atoms with E-state index in [4.69, 9.17) is 9.47 Å². The molecule has 0 aliphatic heterocycles. The van der Waals surface area contributed by atoms with Crippen molar-refractivity contribution in [1.82, 2.24) is 0 Å². The van der Waals surface area contributed by atoms with E-state index in [9.17, 15) is 22.7 Å². The molecule has 3 nitrogen and oxygen atoms in total. The lowest BCUT2D eigenvalue weighted by Gasteiger charge is -2.30. The molecule has 0 aliphatic carbocycles. The van der Waals surface area contributed by atoms with Gasteiger partial charge in [-0.2, -0.15) is 0 Å². The van der Waals surface area contributed by atoms with E-state index in [1.807, 2.05) is 12.1 Å². The van der Waals surface area contributed by atoms with E-state index in [1.165, 1.54) is 24.3 Å². The SMILES string of the molecule is COCCCc1cc(CCCOC)cc(C(O)(CCc2cc(F)cc(F)c2)CCc2cc(F)cc(F)c2)c1. The number of ether oxygens (including phenoxy) is 2. The van der Waals surface area contributed by atoms with Crippen molar-refractivity contribution in [3.05, 3.63) is 106 Å². The number of aryl methyl sites for hydroxylation is 4. The van der Waals surface area contributed by atoms with E-state index in [0.717, 1.165) is 48.9 Å². The summed E-state index contributed by atoms with van der Waals surface area (Å²) in [6, 6.07) is 12.6. The fourth-order valence-electron chi connectivity index (χ4n) is 4.79. The van der Waals surface area contributed by atoms with E-state index < -0.39 is 28.9 Å². The summed E-state index contributed by atoms with van der Waals surface area (Å²) in [7, 11) is 3.30. The Balaban J connectivity index is 1.95. The highest BCUT2D eigenvalue weighted by Gasteiger charge is 2.30. The van der Waals surface area contributed by atoms with Gasteiger partial charge >= 0.3 is 0 Å². The van der Waals surface area contributed by atoms with Gasteiger partial charge in [0.15, 0.2) is 0 Å². The van der Waals surface area contributed by atoms with Gasteiger partial charge in [0.05, 0.1) is 5.60 Å². The Morgan fingerprint density at radius 2 is 0.921 bits per heavy atom. The molecule has 0 aromatic heterocycles. The molecule has 1 N–H and O–H groups in total. The summed E-state index contributed by atoms with van der Waals surface area (Å²) in [5, 5.41) is 12.1. The highest BCUT2D eigenvalue weighted by molar-refractivity contribution is 5.35. The van der Waals surface area contributed by atoms with Gasteiger partial charge in [-0.15, -0.1) is 0 Å². The second kappa shape index (κ2) is 14.4. The molecule has 3 aromatic carbocycles. The lowest BCUT2D eigenvalue weighted by Crippen LogP contribution is -2.28. The minimum Gasteiger partial charge on any atom is -0.385 e. The van der Waals surface area contributed by atoms with Gasteiger partial charge in [0.25, 0.3) is 0 Å². The van der Waals surface area contributed by atoms with Crippen LogP contribution in [0.15, 0.2) is 54.6 Å². The van der Waals surface area contributed by atoms with Gasteiger partial charge in [-0.1, -0.05) is 18.2 Å². The van der Waals surface area contributed by atoms with Gasteiger partial charge in [0.1, 0.15) is 23.3 Å². The number of hydrogen-bond acceptors (Lipinski definition) is 3. The maximum Gasteiger partial charge on any atom is 0.126 e. The zero-order valence-corrected chi connectivity index (χ0v) is 22.0. The second-order valence-corrected chi connectivity index (χ2v) is 9.82. The third-order valence-corrected chi connectivity index (χ3v) is 6.72. The summed E-state index contributed by atoms with van der Waals surface area (Å²) in [5.41, 5.74) is 2.20. The van der Waals surface area contributed by atoms with Crippen LogP contribution in [0.3, 0.4) is 0 Å². The predicted molar refractivity (Wildman–Crippen MR) is 140 cm³/mol. The normalized spacial score (nSPS) is 11.8. The zero-order valence-electron chi connectivity index (χ0n) is 22.0. The van der Waals surface area contributed by atoms with Crippen molar-refractivity contribution < 1.29 is 32.1 Å². The number of methoxy groups -OCH3 is 2. The second-order valence-electron chi connectivity index (χ2n) is 9.82. The number of hydrogen-bond donors (Lipinski definition) is 1. The molecule has 0 heterocycles. The molecule has 0 unspecified atom stereocenters. The Morgan fingerprint density at radius 3 is 1.29 bits per heavy atom. The van der Waals surface area contributed by atoms with E-state index in [-0.39, 0.29) is 25.7 Å². The molecule has 0 atom stereocenters. The molecule has 0 spiro atoms. The standard InChI is InChI=1S/C31H36F4O3/c1-37-11-3-5-22-13-23(6-4-12-38-2)15-26(14-22)31(36,9-7-24-16-27(32)20-28(33)17-24)10-8-25-18-29(34)21-30(35)19-25/h13-21,36H,3-12H2,1-2H3. The van der Waals surface area contributed by atoms with Crippen molar-refractivity contribution in [3.8, 4) is 0 Å². The molecule has 7 heteroatoms. The van der Waals surface area contributed by atoms with Crippen LogP contribution < -0.4 is 0 Å². The van der Waals surface area contributed by atoms with Crippen LogP contribution in [0.4, 0.5) is 17.6 Å². The number of aliphatic hydroxyl groups is 1. The molecule has 3 aromatic rings. The Kier molecular flexibility index (Phi) is 11.3. The first-order valence-corrected chi connectivity index (χ1v) is 12.9. The van der Waals surface area contributed by atoms with Crippen molar-refractivity contribution in [2.75, 3.05) is 27.4 Å². The average molecular weight is 533 g/mol. The fourth-order valence-corrected chi connectivity index (χ4v) is 4.79. The van der Waals surface area contributed by atoms with Crippen molar-refractivity contribution in [3.63, 3.8) is 0 Å². The summed E-state index contributed by atoms with van der Waals surface area (Å²) < 4.78 is 65.7. The van der Waals surface area contributed by atoms with Crippen LogP contribution in [-0.4, -0.2) is 32.5 Å². The molecule has 0 saturated carbocycles. The van der Waals surface area contributed by atoms with Gasteiger partial charge in [0, 0.05) is 39.6 Å². The van der Waals surface area contributed by atoms with Crippen LogP contribution in [0.1, 0.15) is 53.5 Å². The molecule has 206 valence electrons. The first-order valence-electron chi connectivity index (χ1n) is 12.9. The third kappa shape index (κ3) is 9.22. The molecular formula is C31H36F4O3. The third-order valence-electron chi connectivity index (χ3n) is 6.72. The number of rotatable bonds is 15. The molecule has 3 rings (SSSR count). The van der Waals surface area contributed by atoms with Crippen LogP contribution in [0.2, 0.25) is 0 Å². The van der Waals surface area contributed by atoms with Gasteiger partial charge in [-0.25, -0.2) is 17.6 Å². The summed E-state index contributed by atoms with van der Waals surface area (Å²) in [6.45, 7) is 1.20. The van der Waals surface area contributed by atoms with Crippen LogP contribution in [-0.2, 0) is 40.8 Å². The van der Waals surface area contributed by atoms with Crippen molar-refractivity contribution in [2.45, 2.75) is 57.0 Å². The van der Waals surface area contributed by atoms with Crippen molar-refractivity contribution >= 4 is 0 Å². The highest BCUT2D eigenvalue weighted by Crippen LogP contribution is 2.34. The first kappa shape index (κ1) is 29.8. The van der Waals surface area contributed by atoms with Crippen LogP contribution >= 0.6 is 0 Å². The minimum atomic E-state index is -1.40. The Hall–Kier alpha value is -2.74. The van der Waals surface area contributed by atoms with E-state index in [0.29, 0.717) is 29.9 Å². The van der Waals surface area contributed by atoms with Crippen LogP contribution in [0.25, 0.3) is 0 Å². The highest BCUT2D eigenvalue weighted by atomic mass is 19.1. The monoisotopic (exact) mass is 532 g/mol. The molecule has 0 aliphatic rings. The number of benzene rings is 3. The summed E-state index contributed by atoms with van der Waals surface area (Å²) >= 11 is 0. The van der Waals surface area contributed by atoms with E-state index in [2.05, 4.69) is 6.07 Å². The van der Waals surface area contributed by atoms with Crippen LogP contribution in [0, 0.1) is 23.3 Å². The van der Waals surface area contributed by atoms with Gasteiger partial charge < -0.3 is 14.6 Å².